The van der Waals surface area contributed by atoms with Gasteiger partial charge < -0.3 is 0 Å². The summed E-state index contributed by atoms with van der Waals surface area (Å²) in [6.07, 6.45) is 4.79. The predicted octanol–water partition coefficient (Wildman–Crippen LogP) is 3.05. The van der Waals surface area contributed by atoms with E-state index in [1.807, 2.05) is 59.2 Å². The van der Waals surface area contributed by atoms with E-state index < -0.39 is 0 Å². The van der Waals surface area contributed by atoms with Gasteiger partial charge in [0.25, 0.3) is 0 Å². The fraction of sp³-hybridized carbons (Fsp3) is 0. The smallest absolute Gasteiger partial charge is 0.195 e. The number of hydrogen-bond donors (Lipinski definition) is 0. The molecule has 0 atom stereocenters. The Hall–Kier alpha value is -3.34. The van der Waals surface area contributed by atoms with Crippen LogP contribution in [-0.4, -0.2) is 25.3 Å². The van der Waals surface area contributed by atoms with Gasteiger partial charge in [-0.1, -0.05) is 42.5 Å². The van der Waals surface area contributed by atoms with Crippen LogP contribution in [0.4, 0.5) is 0 Å². The number of nitrogens with zero attached hydrogens (tertiary/aromatic N) is 4. The minimum Gasteiger partial charge on any atom is -0.289 e. The van der Waals surface area contributed by atoms with Gasteiger partial charge in [0.1, 0.15) is 18.2 Å². The van der Waals surface area contributed by atoms with E-state index in [2.05, 4.69) is 15.0 Å². The van der Waals surface area contributed by atoms with Crippen molar-refractivity contribution in [3.05, 3.63) is 84.6 Å². The van der Waals surface area contributed by atoms with E-state index in [0.717, 1.165) is 5.69 Å². The summed E-state index contributed by atoms with van der Waals surface area (Å²) in [6, 6.07) is 16.7. The lowest BCUT2D eigenvalue weighted by atomic mass is 10.0. The molecule has 110 valence electrons. The molecule has 0 saturated heterocycles. The maximum Gasteiger partial charge on any atom is 0.195 e. The fourth-order valence-electron chi connectivity index (χ4n) is 2.56. The third-order valence-corrected chi connectivity index (χ3v) is 3.66. The Balaban J connectivity index is 1.90. The SMILES string of the molecule is O=C(c1ccccc1)c1ccccc1-n1cnc2cncnc21. The summed E-state index contributed by atoms with van der Waals surface area (Å²) in [5.41, 5.74) is 3.38. The van der Waals surface area contributed by atoms with Gasteiger partial charge in [0.05, 0.1) is 11.9 Å². The molecule has 0 aliphatic heterocycles. The van der Waals surface area contributed by atoms with Crippen molar-refractivity contribution in [2.75, 3.05) is 0 Å². The molecule has 0 aliphatic carbocycles. The number of hydrogen-bond acceptors (Lipinski definition) is 4. The molecule has 0 fully saturated rings. The predicted molar refractivity (Wildman–Crippen MR) is 86.5 cm³/mol. The largest absolute Gasteiger partial charge is 0.289 e. The van der Waals surface area contributed by atoms with Gasteiger partial charge in [0, 0.05) is 11.1 Å². The van der Waals surface area contributed by atoms with Gasteiger partial charge in [-0.3, -0.25) is 9.36 Å². The monoisotopic (exact) mass is 300 g/mol. The standard InChI is InChI=1S/C18H12N4O/c23-17(13-6-2-1-3-7-13)14-8-4-5-9-16(14)22-12-21-15-10-19-11-20-18(15)22/h1-12H. The molecule has 0 aliphatic rings. The number of aromatic nitrogens is 4. The van der Waals surface area contributed by atoms with Crippen LogP contribution < -0.4 is 0 Å². The average molecular weight is 300 g/mol. The first-order chi connectivity index (χ1) is 11.3. The molecule has 0 amide bonds. The molecule has 0 saturated carbocycles. The van der Waals surface area contributed by atoms with Crippen LogP contribution in [0.1, 0.15) is 15.9 Å². The molecule has 0 radical (unpaired) electrons. The zero-order chi connectivity index (χ0) is 15.6. The van der Waals surface area contributed by atoms with Crippen molar-refractivity contribution in [2.45, 2.75) is 0 Å². The number of rotatable bonds is 3. The summed E-state index contributed by atoms with van der Waals surface area (Å²) in [7, 11) is 0. The number of imidazole rings is 1. The number of para-hydroxylation sites is 1. The molecule has 4 rings (SSSR count). The highest BCUT2D eigenvalue weighted by Crippen LogP contribution is 2.21. The molecule has 2 aromatic carbocycles. The lowest BCUT2D eigenvalue weighted by Gasteiger charge is -2.10. The van der Waals surface area contributed by atoms with Crippen LogP contribution in [0.2, 0.25) is 0 Å². The van der Waals surface area contributed by atoms with Crippen LogP contribution in [0.5, 0.6) is 0 Å². The normalized spacial score (nSPS) is 10.8. The molecule has 2 aromatic heterocycles. The summed E-state index contributed by atoms with van der Waals surface area (Å²) in [5, 5.41) is 0. The first-order valence-corrected chi connectivity index (χ1v) is 7.17. The number of benzene rings is 2. The van der Waals surface area contributed by atoms with E-state index in [1.165, 1.54) is 6.33 Å². The van der Waals surface area contributed by atoms with Crippen LogP contribution >= 0.6 is 0 Å². The molecule has 2 heterocycles. The van der Waals surface area contributed by atoms with Crippen LogP contribution in [0, 0.1) is 0 Å². The second kappa shape index (κ2) is 5.46. The van der Waals surface area contributed by atoms with Gasteiger partial charge >= 0.3 is 0 Å². The zero-order valence-corrected chi connectivity index (χ0v) is 12.1. The maximum absolute atomic E-state index is 12.8. The van der Waals surface area contributed by atoms with Gasteiger partial charge in [0.2, 0.25) is 0 Å². The molecule has 5 nitrogen and oxygen atoms in total. The van der Waals surface area contributed by atoms with Crippen molar-refractivity contribution >= 4 is 16.9 Å². The Morgan fingerprint density at radius 3 is 2.57 bits per heavy atom. The van der Waals surface area contributed by atoms with Crippen molar-refractivity contribution < 1.29 is 4.79 Å². The lowest BCUT2D eigenvalue weighted by molar-refractivity contribution is 0.103. The van der Waals surface area contributed by atoms with Crippen molar-refractivity contribution in [1.29, 1.82) is 0 Å². The molecule has 0 N–H and O–H groups in total. The van der Waals surface area contributed by atoms with E-state index in [1.54, 1.807) is 12.5 Å². The van der Waals surface area contributed by atoms with Crippen molar-refractivity contribution in [3.63, 3.8) is 0 Å². The minimum atomic E-state index is -0.0305. The van der Waals surface area contributed by atoms with Crippen LogP contribution in [0.15, 0.2) is 73.4 Å². The zero-order valence-electron chi connectivity index (χ0n) is 12.1. The van der Waals surface area contributed by atoms with Gasteiger partial charge in [-0.15, -0.1) is 0 Å². The Labute approximate surface area is 132 Å². The molecule has 5 heteroatoms. The summed E-state index contributed by atoms with van der Waals surface area (Å²) in [4.78, 5) is 25.4. The summed E-state index contributed by atoms with van der Waals surface area (Å²) < 4.78 is 1.81. The average Bonchev–Trinajstić information content (AvgIpc) is 3.06. The molecular formula is C18H12N4O. The van der Waals surface area contributed by atoms with Gasteiger partial charge in [-0.2, -0.15) is 0 Å². The Morgan fingerprint density at radius 2 is 1.70 bits per heavy atom. The highest BCUT2D eigenvalue weighted by Gasteiger charge is 2.16. The van der Waals surface area contributed by atoms with E-state index in [0.29, 0.717) is 22.3 Å². The van der Waals surface area contributed by atoms with Crippen LogP contribution in [0.25, 0.3) is 16.9 Å². The second-order valence-electron chi connectivity index (χ2n) is 5.06. The highest BCUT2D eigenvalue weighted by molar-refractivity contribution is 6.11. The summed E-state index contributed by atoms with van der Waals surface area (Å²) >= 11 is 0. The van der Waals surface area contributed by atoms with Gasteiger partial charge in [-0.05, 0) is 12.1 Å². The van der Waals surface area contributed by atoms with Crippen molar-refractivity contribution in [1.82, 2.24) is 19.5 Å². The Kier molecular flexibility index (Phi) is 3.16. The molecule has 23 heavy (non-hydrogen) atoms. The molecule has 0 spiro atoms. The lowest BCUT2D eigenvalue weighted by Crippen LogP contribution is -2.07. The first-order valence-electron chi connectivity index (χ1n) is 7.17. The molecule has 0 bridgehead atoms. The summed E-state index contributed by atoms with van der Waals surface area (Å²) in [5.74, 6) is -0.0305. The third kappa shape index (κ3) is 2.28. The number of carbonyl (C=O) groups is 1. The first kappa shape index (κ1) is 13.3. The third-order valence-electron chi connectivity index (χ3n) is 3.66. The number of fused-ring (bicyclic) bond motifs is 1. The van der Waals surface area contributed by atoms with Crippen LogP contribution in [-0.2, 0) is 0 Å². The quantitative estimate of drug-likeness (QED) is 0.546. The maximum atomic E-state index is 12.8. The van der Waals surface area contributed by atoms with E-state index in [-0.39, 0.29) is 5.78 Å². The second-order valence-corrected chi connectivity index (χ2v) is 5.06. The topological polar surface area (TPSA) is 60.7 Å². The number of ketones is 1. The summed E-state index contributed by atoms with van der Waals surface area (Å²) in [6.45, 7) is 0. The molecule has 0 unspecified atom stereocenters. The van der Waals surface area contributed by atoms with E-state index in [9.17, 15) is 4.79 Å². The fourth-order valence-corrected chi connectivity index (χ4v) is 2.56. The Morgan fingerprint density at radius 1 is 0.913 bits per heavy atom. The van der Waals surface area contributed by atoms with Crippen LogP contribution in [0.3, 0.4) is 0 Å². The van der Waals surface area contributed by atoms with Gasteiger partial charge in [0.15, 0.2) is 11.4 Å². The van der Waals surface area contributed by atoms with E-state index in [4.69, 9.17) is 0 Å². The molecule has 4 aromatic rings. The van der Waals surface area contributed by atoms with Gasteiger partial charge in [-0.25, -0.2) is 15.0 Å². The van der Waals surface area contributed by atoms with E-state index >= 15 is 0 Å². The Bertz CT molecular complexity index is 992. The number of carbonyl (C=O) groups excluding carboxylic acids is 1. The minimum absolute atomic E-state index is 0.0305. The van der Waals surface area contributed by atoms with Crippen molar-refractivity contribution in [3.8, 4) is 5.69 Å². The van der Waals surface area contributed by atoms with Crippen molar-refractivity contribution in [2.24, 2.45) is 0 Å². The molecular weight excluding hydrogens is 288 g/mol. The highest BCUT2D eigenvalue weighted by atomic mass is 16.1.